The zero-order chi connectivity index (χ0) is 23.5. The van der Waals surface area contributed by atoms with Gasteiger partial charge in [0.25, 0.3) is 12.3 Å². The molecule has 13 heteroatoms. The van der Waals surface area contributed by atoms with Crippen LogP contribution in [0.2, 0.25) is 0 Å². The molecular formula is C20H16F5N7O. The van der Waals surface area contributed by atoms with E-state index in [1.807, 2.05) is 0 Å². The average Bonchev–Trinajstić information content (AvgIpc) is 3.48. The number of alkyl halides is 5. The van der Waals surface area contributed by atoms with Crippen LogP contribution in [-0.4, -0.2) is 46.7 Å². The van der Waals surface area contributed by atoms with Gasteiger partial charge in [-0.2, -0.15) is 23.4 Å². The second kappa shape index (κ2) is 7.39. The molecule has 0 aliphatic carbocycles. The number of nitrogens with one attached hydrogen (secondary N) is 1. The van der Waals surface area contributed by atoms with Crippen molar-refractivity contribution in [2.24, 2.45) is 7.05 Å². The maximum absolute atomic E-state index is 13.5. The van der Waals surface area contributed by atoms with E-state index in [1.165, 1.54) is 36.6 Å². The number of hydrogen-bond donors (Lipinski definition) is 1. The molecule has 4 aromatic heterocycles. The van der Waals surface area contributed by atoms with E-state index in [0.29, 0.717) is 12.1 Å². The fourth-order valence-corrected chi connectivity index (χ4v) is 4.15. The first kappa shape index (κ1) is 21.1. The smallest absolute Gasteiger partial charge is 0.348 e. The van der Waals surface area contributed by atoms with Crippen molar-refractivity contribution in [3.63, 3.8) is 0 Å². The fourth-order valence-electron chi connectivity index (χ4n) is 4.15. The van der Waals surface area contributed by atoms with Crippen LogP contribution in [-0.2, 0) is 19.6 Å². The molecule has 0 fully saturated rings. The Morgan fingerprint density at radius 3 is 2.73 bits per heavy atom. The van der Waals surface area contributed by atoms with Gasteiger partial charge < -0.3 is 9.88 Å². The van der Waals surface area contributed by atoms with Gasteiger partial charge in [-0.05, 0) is 24.3 Å². The number of H-pyrrole nitrogens is 1. The van der Waals surface area contributed by atoms with Crippen LogP contribution in [0.3, 0.4) is 0 Å². The Morgan fingerprint density at radius 2 is 2.03 bits per heavy atom. The van der Waals surface area contributed by atoms with Crippen LogP contribution in [0.1, 0.15) is 51.3 Å². The summed E-state index contributed by atoms with van der Waals surface area (Å²) in [7, 11) is 1.37. The number of pyridine rings is 1. The highest BCUT2D eigenvalue weighted by Gasteiger charge is 2.39. The lowest BCUT2D eigenvalue weighted by atomic mass is 9.99. The molecule has 0 bridgehead atoms. The summed E-state index contributed by atoms with van der Waals surface area (Å²) >= 11 is 0. The number of imidazole rings is 1. The highest BCUT2D eigenvalue weighted by atomic mass is 19.4. The average molecular weight is 465 g/mol. The van der Waals surface area contributed by atoms with Crippen LogP contribution in [0.25, 0.3) is 5.52 Å². The molecule has 1 N–H and O–H groups in total. The van der Waals surface area contributed by atoms with Crippen LogP contribution < -0.4 is 0 Å². The minimum Gasteiger partial charge on any atom is -0.348 e. The maximum atomic E-state index is 13.5. The molecule has 0 radical (unpaired) electrons. The molecule has 172 valence electrons. The number of carbonyl (C=O) groups is 1. The summed E-state index contributed by atoms with van der Waals surface area (Å²) < 4.78 is 68.9. The monoisotopic (exact) mass is 465 g/mol. The van der Waals surface area contributed by atoms with E-state index in [9.17, 15) is 26.7 Å². The molecule has 8 nitrogen and oxygen atoms in total. The third kappa shape index (κ3) is 3.43. The Kier molecular flexibility index (Phi) is 4.72. The molecule has 5 heterocycles. The molecule has 0 saturated heterocycles. The summed E-state index contributed by atoms with van der Waals surface area (Å²) in [5.41, 5.74) is -0.336. The van der Waals surface area contributed by atoms with E-state index in [2.05, 4.69) is 20.2 Å². The van der Waals surface area contributed by atoms with E-state index in [-0.39, 0.29) is 23.4 Å². The van der Waals surface area contributed by atoms with Crippen molar-refractivity contribution in [2.75, 3.05) is 6.54 Å². The molecule has 0 saturated carbocycles. The van der Waals surface area contributed by atoms with E-state index < -0.39 is 35.8 Å². The first-order chi connectivity index (χ1) is 15.6. The van der Waals surface area contributed by atoms with Gasteiger partial charge in [0.15, 0.2) is 0 Å². The fraction of sp³-hybridized carbons (Fsp3) is 0.300. The predicted molar refractivity (Wildman–Crippen MR) is 104 cm³/mol. The SMILES string of the molecule is Cn1nc(C(F)F)cc1C(=O)N1CCc2[nH]cnc2[C@H]1c1cc2c(C(F)(F)F)cccn2n1. The number of rotatable bonds is 3. The number of fused-ring (bicyclic) bond motifs is 2. The van der Waals surface area contributed by atoms with Gasteiger partial charge in [0, 0.05) is 31.9 Å². The second-order valence-electron chi connectivity index (χ2n) is 7.61. The number of nitrogens with zero attached hydrogens (tertiary/aromatic N) is 6. The highest BCUT2D eigenvalue weighted by Crippen LogP contribution is 2.37. The molecule has 0 unspecified atom stereocenters. The topological polar surface area (TPSA) is 84.1 Å². The molecule has 0 aromatic carbocycles. The molecule has 1 amide bonds. The molecule has 1 aliphatic heterocycles. The lowest BCUT2D eigenvalue weighted by Gasteiger charge is -2.33. The van der Waals surface area contributed by atoms with Crippen molar-refractivity contribution < 1.29 is 26.7 Å². The van der Waals surface area contributed by atoms with Crippen LogP contribution in [0, 0.1) is 0 Å². The maximum Gasteiger partial charge on any atom is 0.418 e. The summed E-state index contributed by atoms with van der Waals surface area (Å²) in [6.45, 7) is 0.174. The lowest BCUT2D eigenvalue weighted by molar-refractivity contribution is -0.136. The van der Waals surface area contributed by atoms with Gasteiger partial charge in [-0.3, -0.25) is 9.48 Å². The second-order valence-corrected chi connectivity index (χ2v) is 7.61. The minimum absolute atomic E-state index is 0.0750. The van der Waals surface area contributed by atoms with Crippen molar-refractivity contribution in [3.05, 3.63) is 70.8 Å². The Bertz CT molecular complexity index is 1350. The van der Waals surface area contributed by atoms with Crippen molar-refractivity contribution in [3.8, 4) is 0 Å². The number of amides is 1. The molecule has 5 rings (SSSR count). The molecule has 33 heavy (non-hydrogen) atoms. The van der Waals surface area contributed by atoms with Gasteiger partial charge in [-0.25, -0.2) is 18.3 Å². The Labute approximate surface area is 182 Å². The first-order valence-corrected chi connectivity index (χ1v) is 9.86. The van der Waals surface area contributed by atoms with Crippen LogP contribution in [0.5, 0.6) is 0 Å². The summed E-state index contributed by atoms with van der Waals surface area (Å²) in [6.07, 6.45) is -4.24. The molecule has 0 spiro atoms. The largest absolute Gasteiger partial charge is 0.418 e. The number of aromatic nitrogens is 6. The summed E-state index contributed by atoms with van der Waals surface area (Å²) in [5.74, 6) is -0.608. The summed E-state index contributed by atoms with van der Waals surface area (Å²) in [5, 5.41) is 7.98. The lowest BCUT2D eigenvalue weighted by Crippen LogP contribution is -2.41. The summed E-state index contributed by atoms with van der Waals surface area (Å²) in [4.78, 5) is 22.0. The van der Waals surface area contributed by atoms with Crippen molar-refractivity contribution in [1.29, 1.82) is 0 Å². The Balaban J connectivity index is 1.63. The van der Waals surface area contributed by atoms with Crippen LogP contribution in [0.15, 0.2) is 36.8 Å². The van der Waals surface area contributed by atoms with Gasteiger partial charge in [0.2, 0.25) is 0 Å². The summed E-state index contributed by atoms with van der Waals surface area (Å²) in [6, 6.07) is 3.55. The van der Waals surface area contributed by atoms with Gasteiger partial charge in [-0.15, -0.1) is 0 Å². The number of aryl methyl sites for hydroxylation is 1. The zero-order valence-corrected chi connectivity index (χ0v) is 17.0. The molecule has 1 atom stereocenters. The van der Waals surface area contributed by atoms with E-state index in [1.54, 1.807) is 0 Å². The Morgan fingerprint density at radius 1 is 1.24 bits per heavy atom. The van der Waals surface area contributed by atoms with E-state index in [4.69, 9.17) is 0 Å². The number of carbonyl (C=O) groups excluding carboxylic acids is 1. The van der Waals surface area contributed by atoms with E-state index >= 15 is 0 Å². The third-order valence-corrected chi connectivity index (χ3v) is 5.63. The van der Waals surface area contributed by atoms with Gasteiger partial charge in [0.05, 0.1) is 28.8 Å². The number of hydrogen-bond acceptors (Lipinski definition) is 4. The van der Waals surface area contributed by atoms with Crippen LogP contribution in [0.4, 0.5) is 22.0 Å². The highest BCUT2D eigenvalue weighted by molar-refractivity contribution is 5.93. The number of halogens is 5. The molecular weight excluding hydrogens is 449 g/mol. The van der Waals surface area contributed by atoms with Gasteiger partial charge >= 0.3 is 6.18 Å². The minimum atomic E-state index is -4.60. The van der Waals surface area contributed by atoms with Crippen molar-refractivity contribution in [1.82, 2.24) is 34.3 Å². The number of aromatic amines is 1. The predicted octanol–water partition coefficient (Wildman–Crippen LogP) is 3.54. The quantitative estimate of drug-likeness (QED) is 0.470. The van der Waals surface area contributed by atoms with Gasteiger partial charge in [0.1, 0.15) is 17.4 Å². The normalized spacial score (nSPS) is 16.6. The zero-order valence-electron chi connectivity index (χ0n) is 17.0. The Hall–Kier alpha value is -3.77. The molecule has 1 aliphatic rings. The molecule has 4 aromatic rings. The first-order valence-electron chi connectivity index (χ1n) is 9.86. The van der Waals surface area contributed by atoms with Crippen LogP contribution >= 0.6 is 0 Å². The van der Waals surface area contributed by atoms with Crippen molar-refractivity contribution >= 4 is 11.4 Å². The van der Waals surface area contributed by atoms with E-state index in [0.717, 1.165) is 27.0 Å². The third-order valence-electron chi connectivity index (χ3n) is 5.63. The van der Waals surface area contributed by atoms with Gasteiger partial charge in [-0.1, -0.05) is 0 Å². The van der Waals surface area contributed by atoms with Crippen molar-refractivity contribution in [2.45, 2.75) is 25.1 Å². The standard InChI is InChI=1S/C20H16F5N7O/c1-30-15(8-13(28-30)18(21)22)19(33)31-6-4-11-16(27-9-26-11)17(31)12-7-14-10(20(23,24)25)3-2-5-32(14)29-12/h2-3,5,7-9,17-18H,4,6H2,1H3,(H,26,27)/t17-/m1/s1.